The summed E-state index contributed by atoms with van der Waals surface area (Å²) in [6.45, 7) is 0. The van der Waals surface area contributed by atoms with Crippen molar-refractivity contribution in [2.24, 2.45) is 17.6 Å². The molecule has 4 N–H and O–H groups in total. The molecule has 1 heterocycles. The van der Waals surface area contributed by atoms with Gasteiger partial charge in [0.05, 0.1) is 5.69 Å². The fraction of sp³-hybridized carbons (Fsp3) is 0.500. The van der Waals surface area contributed by atoms with Crippen LogP contribution in [0.25, 0.3) is 11.3 Å². The van der Waals surface area contributed by atoms with Crippen molar-refractivity contribution in [2.75, 3.05) is 0 Å². The van der Waals surface area contributed by atoms with E-state index in [0.29, 0.717) is 12.2 Å². The Hall–Kier alpha value is -1.69. The largest absolute Gasteiger partial charge is 0.451 e. The van der Waals surface area contributed by atoms with Crippen LogP contribution in [0.15, 0.2) is 48.7 Å². The Bertz CT molecular complexity index is 672. The molecule has 1 aliphatic carbocycles. The first-order valence-corrected chi connectivity index (χ1v) is 10.2. The third kappa shape index (κ3) is 6.17. The van der Waals surface area contributed by atoms with Gasteiger partial charge in [0, 0.05) is 17.8 Å². The monoisotopic (exact) mass is 366 g/mol. The minimum atomic E-state index is -1.18. The highest BCUT2D eigenvalue weighted by molar-refractivity contribution is 6.40. The van der Waals surface area contributed by atoms with Crippen LogP contribution in [-0.2, 0) is 6.42 Å². The van der Waals surface area contributed by atoms with Gasteiger partial charge in [0.2, 0.25) is 0 Å². The van der Waals surface area contributed by atoms with Gasteiger partial charge in [-0.1, -0.05) is 49.2 Å². The van der Waals surface area contributed by atoms with Crippen LogP contribution in [0.5, 0.6) is 0 Å². The summed E-state index contributed by atoms with van der Waals surface area (Å²) in [5.41, 5.74) is 9.80. The zero-order valence-corrected chi connectivity index (χ0v) is 16.0. The number of nitrogens with two attached hydrogens (primary N) is 1. The summed E-state index contributed by atoms with van der Waals surface area (Å²) in [6.07, 6.45) is 10.1. The van der Waals surface area contributed by atoms with Crippen LogP contribution in [0, 0.1) is 11.8 Å². The summed E-state index contributed by atoms with van der Waals surface area (Å²) in [4.78, 5) is 4.61. The third-order valence-electron chi connectivity index (χ3n) is 5.86. The molecule has 0 spiro atoms. The fourth-order valence-electron chi connectivity index (χ4n) is 4.04. The first-order chi connectivity index (χ1) is 13.1. The highest BCUT2D eigenvalue weighted by Crippen LogP contribution is 2.39. The number of benzene rings is 1. The quantitative estimate of drug-likeness (QED) is 0.443. The SMILES string of the molecule is NC(CCCCB(O)O)C1CC(CCc2ccc(-c3ccccc3)nc2)C1. The molecule has 1 unspecified atom stereocenters. The van der Waals surface area contributed by atoms with Gasteiger partial charge < -0.3 is 15.8 Å². The van der Waals surface area contributed by atoms with Crippen LogP contribution < -0.4 is 5.73 Å². The number of rotatable bonds is 10. The number of pyridine rings is 1. The Kier molecular flexibility index (Phi) is 7.45. The van der Waals surface area contributed by atoms with Gasteiger partial charge in [-0.05, 0) is 61.9 Å². The molecule has 1 aromatic heterocycles. The van der Waals surface area contributed by atoms with Gasteiger partial charge in [-0.25, -0.2) is 0 Å². The Morgan fingerprint density at radius 1 is 1.07 bits per heavy atom. The van der Waals surface area contributed by atoms with Crippen molar-refractivity contribution in [2.45, 2.75) is 57.3 Å². The standard InChI is InChI=1S/C22H31BN2O2/c24-21(8-4-5-13-23(26)27)20-14-18(15-20)10-9-17-11-12-22(25-16-17)19-6-2-1-3-7-19/h1-3,6-7,11-12,16,18,20-21,26-27H,4-5,8-10,13-15,24H2. The number of nitrogens with zero attached hydrogens (tertiary/aromatic N) is 1. The Labute approximate surface area is 163 Å². The van der Waals surface area contributed by atoms with Crippen molar-refractivity contribution in [3.05, 3.63) is 54.2 Å². The lowest BCUT2D eigenvalue weighted by Crippen LogP contribution is -2.39. The second-order valence-corrected chi connectivity index (χ2v) is 7.98. The molecule has 0 saturated heterocycles. The summed E-state index contributed by atoms with van der Waals surface area (Å²) in [5, 5.41) is 17.7. The minimum absolute atomic E-state index is 0.268. The van der Waals surface area contributed by atoms with E-state index in [1.54, 1.807) is 0 Å². The molecule has 1 saturated carbocycles. The van der Waals surface area contributed by atoms with Gasteiger partial charge in [-0.2, -0.15) is 0 Å². The Morgan fingerprint density at radius 2 is 1.85 bits per heavy atom. The maximum Gasteiger partial charge on any atom is 0.451 e. The fourth-order valence-corrected chi connectivity index (χ4v) is 4.04. The molecule has 4 nitrogen and oxygen atoms in total. The molecular formula is C22H31BN2O2. The third-order valence-corrected chi connectivity index (χ3v) is 5.86. The molecule has 1 fully saturated rings. The van der Waals surface area contributed by atoms with Gasteiger partial charge in [0.1, 0.15) is 0 Å². The van der Waals surface area contributed by atoms with Gasteiger partial charge in [0.15, 0.2) is 0 Å². The summed E-state index contributed by atoms with van der Waals surface area (Å²) in [5.74, 6) is 1.43. The van der Waals surface area contributed by atoms with E-state index >= 15 is 0 Å². The molecule has 2 aromatic rings. The molecule has 0 radical (unpaired) electrons. The number of unbranched alkanes of at least 4 members (excludes halogenated alkanes) is 1. The molecule has 144 valence electrons. The lowest BCUT2D eigenvalue weighted by atomic mass is 9.68. The second kappa shape index (κ2) is 10.0. The van der Waals surface area contributed by atoms with E-state index < -0.39 is 7.12 Å². The van der Waals surface area contributed by atoms with Crippen LogP contribution >= 0.6 is 0 Å². The number of aromatic nitrogens is 1. The molecule has 1 aliphatic rings. The van der Waals surface area contributed by atoms with Gasteiger partial charge in [-0.15, -0.1) is 0 Å². The Morgan fingerprint density at radius 3 is 2.52 bits per heavy atom. The average Bonchev–Trinajstić information content (AvgIpc) is 2.65. The zero-order chi connectivity index (χ0) is 19.1. The van der Waals surface area contributed by atoms with E-state index in [2.05, 4.69) is 29.2 Å². The van der Waals surface area contributed by atoms with E-state index in [0.717, 1.165) is 42.9 Å². The first kappa shape index (κ1) is 20.1. The molecule has 3 rings (SSSR count). The predicted octanol–water partition coefficient (Wildman–Crippen LogP) is 3.68. The predicted molar refractivity (Wildman–Crippen MR) is 111 cm³/mol. The van der Waals surface area contributed by atoms with Crippen LogP contribution in [0.4, 0.5) is 0 Å². The van der Waals surface area contributed by atoms with Crippen molar-refractivity contribution in [3.8, 4) is 11.3 Å². The van der Waals surface area contributed by atoms with Crippen molar-refractivity contribution in [1.29, 1.82) is 0 Å². The summed E-state index contributed by atoms with van der Waals surface area (Å²) < 4.78 is 0. The molecule has 5 heteroatoms. The van der Waals surface area contributed by atoms with Crippen molar-refractivity contribution in [3.63, 3.8) is 0 Å². The molecule has 27 heavy (non-hydrogen) atoms. The smallest absolute Gasteiger partial charge is 0.427 e. The maximum absolute atomic E-state index is 8.86. The normalized spacial score (nSPS) is 20.1. The topological polar surface area (TPSA) is 79.4 Å². The van der Waals surface area contributed by atoms with Gasteiger partial charge in [-0.3, -0.25) is 4.98 Å². The average molecular weight is 366 g/mol. The number of hydrogen-bond donors (Lipinski definition) is 3. The van der Waals surface area contributed by atoms with Crippen LogP contribution in [0.1, 0.15) is 44.1 Å². The molecule has 0 amide bonds. The van der Waals surface area contributed by atoms with E-state index in [-0.39, 0.29) is 6.04 Å². The number of aryl methyl sites for hydroxylation is 1. The van der Waals surface area contributed by atoms with Crippen LogP contribution in [0.3, 0.4) is 0 Å². The van der Waals surface area contributed by atoms with Crippen molar-refractivity contribution >= 4 is 7.12 Å². The van der Waals surface area contributed by atoms with Crippen LogP contribution in [0.2, 0.25) is 6.32 Å². The highest BCUT2D eigenvalue weighted by Gasteiger charge is 2.32. The summed E-state index contributed by atoms with van der Waals surface area (Å²) >= 11 is 0. The molecular weight excluding hydrogens is 335 g/mol. The molecule has 0 bridgehead atoms. The van der Waals surface area contributed by atoms with Crippen molar-refractivity contribution in [1.82, 2.24) is 4.98 Å². The van der Waals surface area contributed by atoms with Gasteiger partial charge >= 0.3 is 7.12 Å². The maximum atomic E-state index is 8.86. The summed E-state index contributed by atoms with van der Waals surface area (Å²) in [6, 6.07) is 14.9. The van der Waals surface area contributed by atoms with Crippen LogP contribution in [-0.4, -0.2) is 28.2 Å². The number of hydrogen-bond acceptors (Lipinski definition) is 4. The Balaban J connectivity index is 1.34. The lowest BCUT2D eigenvalue weighted by Gasteiger charge is -2.39. The zero-order valence-electron chi connectivity index (χ0n) is 16.0. The van der Waals surface area contributed by atoms with Crippen molar-refractivity contribution < 1.29 is 10.0 Å². The lowest BCUT2D eigenvalue weighted by molar-refractivity contribution is 0.147. The summed E-state index contributed by atoms with van der Waals surface area (Å²) in [7, 11) is -1.18. The molecule has 1 aromatic carbocycles. The molecule has 1 atom stereocenters. The van der Waals surface area contributed by atoms with E-state index in [4.69, 9.17) is 15.8 Å². The first-order valence-electron chi connectivity index (χ1n) is 10.2. The van der Waals surface area contributed by atoms with E-state index in [1.165, 1.54) is 24.8 Å². The second-order valence-electron chi connectivity index (χ2n) is 7.98. The van der Waals surface area contributed by atoms with E-state index in [9.17, 15) is 0 Å². The minimum Gasteiger partial charge on any atom is -0.427 e. The van der Waals surface area contributed by atoms with E-state index in [1.807, 2.05) is 24.4 Å². The molecule has 0 aliphatic heterocycles. The highest BCUT2D eigenvalue weighted by atomic mass is 16.4. The van der Waals surface area contributed by atoms with Gasteiger partial charge in [0.25, 0.3) is 0 Å².